The zero-order chi connectivity index (χ0) is 23.0. The molecule has 3 aromatic rings. The van der Waals surface area contributed by atoms with Crippen LogP contribution in [0.1, 0.15) is 38.7 Å². The maximum Gasteiger partial charge on any atom is 0.252 e. The summed E-state index contributed by atoms with van der Waals surface area (Å²) in [6.07, 6.45) is 0. The van der Waals surface area contributed by atoms with E-state index in [1.165, 1.54) is 14.2 Å². The number of carbonyl (C=O) groups excluding carboxylic acids is 2. The first-order chi connectivity index (χ1) is 15.3. The second-order valence-electron chi connectivity index (χ2n) is 7.87. The van der Waals surface area contributed by atoms with Crippen LogP contribution in [0.3, 0.4) is 0 Å². The van der Waals surface area contributed by atoms with Gasteiger partial charge in [0, 0.05) is 24.1 Å². The summed E-state index contributed by atoms with van der Waals surface area (Å²) in [5.41, 5.74) is 4.08. The van der Waals surface area contributed by atoms with Crippen LogP contribution in [0.15, 0.2) is 42.5 Å². The number of aryl methyl sites for hydroxylation is 3. The van der Waals surface area contributed by atoms with Gasteiger partial charge in [0.1, 0.15) is 11.9 Å². The Balaban J connectivity index is 1.75. The van der Waals surface area contributed by atoms with E-state index in [2.05, 4.69) is 15.7 Å². The van der Waals surface area contributed by atoms with Crippen LogP contribution in [-0.2, 0) is 11.8 Å². The minimum atomic E-state index is -0.812. The first-order valence-corrected chi connectivity index (χ1v) is 10.3. The standard InChI is InChI=1S/C24H26N4O4/c1-13-7-6-8-15(11-13)20-19-14(2)27-28(3)22(19)26-24(30)21(20)25-23(29)16-9-10-17(31-4)18(12-16)32-5/h6-12,20-21H,1-5H3,(H,25,29)(H,26,30)/t20-,21+/m0/s1. The number of anilines is 1. The van der Waals surface area contributed by atoms with E-state index in [4.69, 9.17) is 9.47 Å². The average Bonchev–Trinajstić information content (AvgIpc) is 3.06. The Morgan fingerprint density at radius 2 is 1.84 bits per heavy atom. The lowest BCUT2D eigenvalue weighted by molar-refractivity contribution is -0.118. The Hall–Kier alpha value is -3.81. The molecule has 0 saturated carbocycles. The van der Waals surface area contributed by atoms with Crippen molar-refractivity contribution >= 4 is 17.6 Å². The molecular weight excluding hydrogens is 408 g/mol. The van der Waals surface area contributed by atoms with Crippen molar-refractivity contribution in [2.45, 2.75) is 25.8 Å². The molecule has 0 saturated heterocycles. The van der Waals surface area contributed by atoms with Crippen LogP contribution < -0.4 is 20.1 Å². The van der Waals surface area contributed by atoms with Crippen LogP contribution in [0, 0.1) is 13.8 Å². The molecule has 32 heavy (non-hydrogen) atoms. The molecule has 4 rings (SSSR count). The Labute approximate surface area is 186 Å². The molecule has 2 aromatic carbocycles. The SMILES string of the molecule is COc1ccc(C(=O)N[C@H]2C(=O)Nc3c(c(C)nn3C)[C@@H]2c2cccc(C)c2)cc1OC. The number of benzene rings is 2. The third kappa shape index (κ3) is 3.68. The van der Waals surface area contributed by atoms with Gasteiger partial charge in [-0.2, -0.15) is 5.10 Å². The Morgan fingerprint density at radius 3 is 2.53 bits per heavy atom. The van der Waals surface area contributed by atoms with E-state index in [0.717, 1.165) is 22.4 Å². The first-order valence-electron chi connectivity index (χ1n) is 10.3. The van der Waals surface area contributed by atoms with Gasteiger partial charge in [0.15, 0.2) is 11.5 Å². The molecule has 166 valence electrons. The summed E-state index contributed by atoms with van der Waals surface area (Å²) in [7, 11) is 4.83. The van der Waals surface area contributed by atoms with Gasteiger partial charge in [-0.15, -0.1) is 0 Å². The number of hydrogen-bond donors (Lipinski definition) is 2. The highest BCUT2D eigenvalue weighted by Gasteiger charge is 2.41. The minimum Gasteiger partial charge on any atom is -0.493 e. The number of nitrogens with zero attached hydrogens (tertiary/aromatic N) is 2. The van der Waals surface area contributed by atoms with Crippen LogP contribution in [0.25, 0.3) is 0 Å². The number of fused-ring (bicyclic) bond motifs is 1. The van der Waals surface area contributed by atoms with Crippen molar-refractivity contribution in [3.05, 3.63) is 70.4 Å². The van der Waals surface area contributed by atoms with E-state index < -0.39 is 6.04 Å². The predicted molar refractivity (Wildman–Crippen MR) is 120 cm³/mol. The fourth-order valence-corrected chi connectivity index (χ4v) is 4.28. The maximum atomic E-state index is 13.2. The topological polar surface area (TPSA) is 94.5 Å². The van der Waals surface area contributed by atoms with E-state index in [1.54, 1.807) is 29.9 Å². The third-order valence-corrected chi connectivity index (χ3v) is 5.77. The van der Waals surface area contributed by atoms with Gasteiger partial charge in [0.2, 0.25) is 5.91 Å². The van der Waals surface area contributed by atoms with Crippen molar-refractivity contribution in [3.8, 4) is 11.5 Å². The van der Waals surface area contributed by atoms with Gasteiger partial charge in [-0.05, 0) is 37.6 Å². The van der Waals surface area contributed by atoms with E-state index in [-0.39, 0.29) is 17.7 Å². The van der Waals surface area contributed by atoms with Crippen molar-refractivity contribution in [3.63, 3.8) is 0 Å². The lowest BCUT2D eigenvalue weighted by Gasteiger charge is -2.32. The fourth-order valence-electron chi connectivity index (χ4n) is 4.28. The lowest BCUT2D eigenvalue weighted by Crippen LogP contribution is -2.50. The maximum absolute atomic E-state index is 13.2. The third-order valence-electron chi connectivity index (χ3n) is 5.77. The normalized spacial score (nSPS) is 17.3. The Morgan fingerprint density at radius 1 is 1.09 bits per heavy atom. The van der Waals surface area contributed by atoms with E-state index in [9.17, 15) is 9.59 Å². The number of amides is 2. The Bertz CT molecular complexity index is 1200. The molecule has 8 nitrogen and oxygen atoms in total. The minimum absolute atomic E-state index is 0.291. The van der Waals surface area contributed by atoms with Gasteiger partial charge < -0.3 is 20.1 Å². The highest BCUT2D eigenvalue weighted by Crippen LogP contribution is 2.39. The zero-order valence-electron chi connectivity index (χ0n) is 18.7. The molecule has 0 unspecified atom stereocenters. The van der Waals surface area contributed by atoms with Gasteiger partial charge in [-0.3, -0.25) is 14.3 Å². The van der Waals surface area contributed by atoms with E-state index >= 15 is 0 Å². The average molecular weight is 434 g/mol. The molecule has 2 amide bonds. The fraction of sp³-hybridized carbons (Fsp3) is 0.292. The zero-order valence-corrected chi connectivity index (χ0v) is 18.7. The molecule has 2 N–H and O–H groups in total. The number of rotatable bonds is 5. The number of aromatic nitrogens is 2. The van der Waals surface area contributed by atoms with E-state index in [1.807, 2.05) is 38.1 Å². The summed E-state index contributed by atoms with van der Waals surface area (Å²) < 4.78 is 12.2. The van der Waals surface area contributed by atoms with Crippen molar-refractivity contribution in [2.75, 3.05) is 19.5 Å². The van der Waals surface area contributed by atoms with Crippen LogP contribution in [0.2, 0.25) is 0 Å². The monoisotopic (exact) mass is 434 g/mol. The number of ether oxygens (including phenoxy) is 2. The summed E-state index contributed by atoms with van der Waals surface area (Å²) in [4.78, 5) is 26.3. The highest BCUT2D eigenvalue weighted by molar-refractivity contribution is 6.04. The van der Waals surface area contributed by atoms with Gasteiger partial charge in [0.05, 0.1) is 19.9 Å². The molecule has 0 aliphatic carbocycles. The molecule has 2 heterocycles. The lowest BCUT2D eigenvalue weighted by atomic mass is 9.81. The summed E-state index contributed by atoms with van der Waals surface area (Å²) >= 11 is 0. The number of carbonyl (C=O) groups is 2. The largest absolute Gasteiger partial charge is 0.493 e. The molecule has 0 spiro atoms. The molecule has 1 aliphatic rings. The molecule has 1 aliphatic heterocycles. The van der Waals surface area contributed by atoms with E-state index in [0.29, 0.717) is 22.9 Å². The highest BCUT2D eigenvalue weighted by atomic mass is 16.5. The Kier molecular flexibility index (Phi) is 5.61. The quantitative estimate of drug-likeness (QED) is 0.644. The molecule has 2 atom stereocenters. The van der Waals surface area contributed by atoms with Crippen molar-refractivity contribution < 1.29 is 19.1 Å². The number of nitrogens with one attached hydrogen (secondary N) is 2. The molecule has 1 aromatic heterocycles. The molecule has 0 radical (unpaired) electrons. The van der Waals surface area contributed by atoms with Crippen molar-refractivity contribution in [2.24, 2.45) is 7.05 Å². The molecular formula is C24H26N4O4. The second kappa shape index (κ2) is 8.37. The summed E-state index contributed by atoms with van der Waals surface area (Å²) in [5, 5.41) is 10.3. The van der Waals surface area contributed by atoms with Gasteiger partial charge in [-0.1, -0.05) is 29.8 Å². The summed E-state index contributed by atoms with van der Waals surface area (Å²) in [5.74, 6) is 0.559. The van der Waals surface area contributed by atoms with Crippen LogP contribution in [0.4, 0.5) is 5.82 Å². The summed E-state index contributed by atoms with van der Waals surface area (Å²) in [6, 6.07) is 12.0. The molecule has 0 fully saturated rings. The molecule has 0 bridgehead atoms. The first kappa shape index (κ1) is 21.4. The van der Waals surface area contributed by atoms with Crippen LogP contribution in [-0.4, -0.2) is 41.9 Å². The van der Waals surface area contributed by atoms with Gasteiger partial charge in [0.25, 0.3) is 5.91 Å². The summed E-state index contributed by atoms with van der Waals surface area (Å²) in [6.45, 7) is 3.91. The van der Waals surface area contributed by atoms with Crippen LogP contribution >= 0.6 is 0 Å². The number of hydrogen-bond acceptors (Lipinski definition) is 5. The molecule has 8 heteroatoms. The smallest absolute Gasteiger partial charge is 0.252 e. The predicted octanol–water partition coefficient (Wildman–Crippen LogP) is 2.94. The number of methoxy groups -OCH3 is 2. The van der Waals surface area contributed by atoms with Gasteiger partial charge in [-0.25, -0.2) is 0 Å². The van der Waals surface area contributed by atoms with Crippen LogP contribution in [0.5, 0.6) is 11.5 Å². The van der Waals surface area contributed by atoms with Crippen molar-refractivity contribution in [1.82, 2.24) is 15.1 Å². The van der Waals surface area contributed by atoms with Crippen molar-refractivity contribution in [1.29, 1.82) is 0 Å². The second-order valence-corrected chi connectivity index (χ2v) is 7.87. The van der Waals surface area contributed by atoms with Gasteiger partial charge >= 0.3 is 0 Å².